The normalized spacial score (nSPS) is 15.7. The van der Waals surface area contributed by atoms with Gasteiger partial charge in [0.25, 0.3) is 17.5 Å². The number of nitrogens with one attached hydrogen (secondary N) is 1. The largest absolute Gasteiger partial charge is 0.478 e. The quantitative estimate of drug-likeness (QED) is 0.253. The molecule has 0 aromatic heterocycles. The summed E-state index contributed by atoms with van der Waals surface area (Å²) in [5.74, 6) is -1.89. The zero-order chi connectivity index (χ0) is 21.8. The van der Waals surface area contributed by atoms with Gasteiger partial charge in [-0.15, -0.1) is 0 Å². The molecule has 1 atom stereocenters. The first kappa shape index (κ1) is 20.5. The van der Waals surface area contributed by atoms with Crippen molar-refractivity contribution in [3.63, 3.8) is 0 Å². The molecule has 2 aromatic rings. The highest BCUT2D eigenvalue weighted by Crippen LogP contribution is 2.29. The van der Waals surface area contributed by atoms with Crippen molar-refractivity contribution in [3.8, 4) is 5.75 Å². The number of methoxy groups -OCH3 is 1. The maximum Gasteiger partial charge on any atom is 0.346 e. The number of nitro groups is 1. The van der Waals surface area contributed by atoms with Crippen molar-refractivity contribution in [1.29, 1.82) is 0 Å². The summed E-state index contributed by atoms with van der Waals surface area (Å²) >= 11 is 0. The lowest BCUT2D eigenvalue weighted by molar-refractivity contribution is -0.384. The van der Waals surface area contributed by atoms with Crippen LogP contribution in [0.5, 0.6) is 5.75 Å². The molecule has 10 heteroatoms. The van der Waals surface area contributed by atoms with Crippen molar-refractivity contribution in [1.82, 2.24) is 5.43 Å². The number of anilines is 1. The summed E-state index contributed by atoms with van der Waals surface area (Å²) in [5, 5.41) is 12.2. The van der Waals surface area contributed by atoms with Gasteiger partial charge in [0.15, 0.2) is 6.10 Å². The van der Waals surface area contributed by atoms with Crippen molar-refractivity contribution in [2.75, 3.05) is 12.1 Å². The fraction of sp³-hybridized carbons (Fsp3) is 0.150. The molecule has 1 aliphatic rings. The number of nitrogens with zero attached hydrogens (tertiary/aromatic N) is 2. The lowest BCUT2D eigenvalue weighted by Gasteiger charge is -2.15. The van der Waals surface area contributed by atoms with Crippen molar-refractivity contribution in [2.45, 2.75) is 13.0 Å². The molecule has 1 saturated heterocycles. The van der Waals surface area contributed by atoms with Crippen LogP contribution in [0.4, 0.5) is 11.4 Å². The Morgan fingerprint density at radius 3 is 2.53 bits per heavy atom. The van der Waals surface area contributed by atoms with Gasteiger partial charge in [-0.3, -0.25) is 25.1 Å². The van der Waals surface area contributed by atoms with E-state index in [-0.39, 0.29) is 22.6 Å². The summed E-state index contributed by atoms with van der Waals surface area (Å²) in [6.07, 6.45) is 0.176. The molecule has 154 valence electrons. The summed E-state index contributed by atoms with van der Waals surface area (Å²) in [4.78, 5) is 47.3. The number of rotatable bonds is 6. The van der Waals surface area contributed by atoms with Crippen LogP contribution >= 0.6 is 0 Å². The fourth-order valence-electron chi connectivity index (χ4n) is 2.75. The molecule has 0 unspecified atom stereocenters. The summed E-state index contributed by atoms with van der Waals surface area (Å²) in [6.45, 7) is 1.44. The third-order valence-electron chi connectivity index (χ3n) is 4.25. The van der Waals surface area contributed by atoms with Gasteiger partial charge in [0.1, 0.15) is 11.3 Å². The Bertz CT molecular complexity index is 1050. The van der Waals surface area contributed by atoms with Crippen LogP contribution in [0.25, 0.3) is 6.08 Å². The van der Waals surface area contributed by atoms with Gasteiger partial charge in [0.05, 0.1) is 17.7 Å². The van der Waals surface area contributed by atoms with Gasteiger partial charge in [-0.25, -0.2) is 9.80 Å². The number of para-hydroxylation sites is 1. The minimum absolute atomic E-state index is 0.0739. The highest BCUT2D eigenvalue weighted by molar-refractivity contribution is 6.31. The number of hydrogen-bond donors (Lipinski definition) is 1. The lowest BCUT2D eigenvalue weighted by atomic mass is 10.1. The molecule has 30 heavy (non-hydrogen) atoms. The second-order valence-electron chi connectivity index (χ2n) is 6.24. The van der Waals surface area contributed by atoms with E-state index in [1.165, 1.54) is 32.2 Å². The molecule has 3 rings (SSSR count). The highest BCUT2D eigenvalue weighted by Gasteiger charge is 2.34. The van der Waals surface area contributed by atoms with Crippen LogP contribution in [0, 0.1) is 10.1 Å². The number of carbonyl (C=O) groups excluding carboxylic acids is 3. The fourth-order valence-corrected chi connectivity index (χ4v) is 2.75. The second-order valence-corrected chi connectivity index (χ2v) is 6.24. The average molecular weight is 411 g/mol. The first-order valence-corrected chi connectivity index (χ1v) is 8.77. The zero-order valence-corrected chi connectivity index (χ0v) is 16.0. The number of nitro benzene ring substituents is 1. The number of carbonyl (C=O) groups is 3. The van der Waals surface area contributed by atoms with E-state index >= 15 is 0 Å². The van der Waals surface area contributed by atoms with Crippen molar-refractivity contribution in [2.24, 2.45) is 0 Å². The monoisotopic (exact) mass is 411 g/mol. The lowest BCUT2D eigenvalue weighted by Crippen LogP contribution is -2.35. The minimum atomic E-state index is -1.01. The number of amides is 2. The van der Waals surface area contributed by atoms with E-state index < -0.39 is 28.8 Å². The van der Waals surface area contributed by atoms with Crippen molar-refractivity contribution >= 4 is 35.2 Å². The second kappa shape index (κ2) is 8.43. The van der Waals surface area contributed by atoms with Crippen LogP contribution in [-0.4, -0.2) is 35.9 Å². The third kappa shape index (κ3) is 4.12. The van der Waals surface area contributed by atoms with Gasteiger partial charge in [0.2, 0.25) is 0 Å². The Morgan fingerprint density at radius 2 is 1.90 bits per heavy atom. The number of hydrazine groups is 1. The van der Waals surface area contributed by atoms with Gasteiger partial charge < -0.3 is 9.47 Å². The topological polar surface area (TPSA) is 128 Å². The van der Waals surface area contributed by atoms with Crippen LogP contribution in [0.1, 0.15) is 12.5 Å². The molecule has 1 fully saturated rings. The van der Waals surface area contributed by atoms with E-state index in [1.54, 1.807) is 30.3 Å². The number of esters is 1. The van der Waals surface area contributed by atoms with Crippen LogP contribution in [-0.2, 0) is 19.1 Å². The predicted octanol–water partition coefficient (Wildman–Crippen LogP) is 2.00. The van der Waals surface area contributed by atoms with E-state index in [0.717, 1.165) is 11.1 Å². The Balaban J connectivity index is 2.00. The molecule has 1 aliphatic heterocycles. The predicted molar refractivity (Wildman–Crippen MR) is 105 cm³/mol. The molecular formula is C20H17N3O7. The average Bonchev–Trinajstić information content (AvgIpc) is 3.02. The van der Waals surface area contributed by atoms with Crippen molar-refractivity contribution in [3.05, 3.63) is 69.8 Å². The van der Waals surface area contributed by atoms with E-state index in [2.05, 4.69) is 10.2 Å². The minimum Gasteiger partial charge on any atom is -0.478 e. The van der Waals surface area contributed by atoms with E-state index in [9.17, 15) is 24.5 Å². The molecule has 0 aliphatic carbocycles. The third-order valence-corrected chi connectivity index (χ3v) is 4.25. The van der Waals surface area contributed by atoms with Gasteiger partial charge >= 0.3 is 5.97 Å². The van der Waals surface area contributed by atoms with Crippen molar-refractivity contribution < 1.29 is 28.8 Å². The first-order chi connectivity index (χ1) is 14.3. The number of non-ortho nitro benzene ring substituents is 1. The Labute approximate surface area is 170 Å². The molecular weight excluding hydrogens is 394 g/mol. The molecule has 1 heterocycles. The molecule has 10 nitrogen and oxygen atoms in total. The van der Waals surface area contributed by atoms with E-state index in [4.69, 9.17) is 4.74 Å². The number of benzene rings is 2. The van der Waals surface area contributed by atoms with Crippen LogP contribution in [0.2, 0.25) is 0 Å². The van der Waals surface area contributed by atoms with Gasteiger partial charge in [0, 0.05) is 17.7 Å². The van der Waals surface area contributed by atoms with Crippen LogP contribution in [0.3, 0.4) is 0 Å². The maximum absolute atomic E-state index is 12.8. The van der Waals surface area contributed by atoms with Gasteiger partial charge in [-0.05, 0) is 31.2 Å². The summed E-state index contributed by atoms with van der Waals surface area (Å²) in [7, 11) is 1.20. The molecule has 2 aromatic carbocycles. The Kier molecular flexibility index (Phi) is 5.77. The molecule has 0 radical (unpaired) electrons. The zero-order valence-electron chi connectivity index (χ0n) is 16.0. The van der Waals surface area contributed by atoms with Crippen LogP contribution < -0.4 is 15.2 Å². The summed E-state index contributed by atoms with van der Waals surface area (Å²) in [6, 6.07) is 12.1. The first-order valence-electron chi connectivity index (χ1n) is 8.77. The summed E-state index contributed by atoms with van der Waals surface area (Å²) < 4.78 is 10.1. The van der Waals surface area contributed by atoms with Gasteiger partial charge in [-0.1, -0.05) is 18.2 Å². The van der Waals surface area contributed by atoms with E-state index in [1.807, 2.05) is 0 Å². The SMILES string of the molecule is COC(=O)[C@@H](C)Oc1ccc([N+](=O)[O-])cc1/C=C1/C(=O)NN(c2ccccc2)C1=O. The molecule has 2 amide bonds. The Hall–Kier alpha value is -4.21. The number of ether oxygens (including phenoxy) is 2. The molecule has 0 bridgehead atoms. The van der Waals surface area contributed by atoms with Crippen LogP contribution in [0.15, 0.2) is 54.1 Å². The molecule has 0 spiro atoms. The summed E-state index contributed by atoms with van der Waals surface area (Å²) in [5.41, 5.74) is 2.47. The smallest absolute Gasteiger partial charge is 0.346 e. The standard InChI is InChI=1S/C20H17N3O7/c1-12(20(26)29-2)30-17-9-8-15(23(27)28)10-13(17)11-16-18(24)21-22(19(16)25)14-6-4-3-5-7-14/h3-12H,1-2H3,(H,21,24)/b16-11-/t12-/m1/s1. The molecule has 0 saturated carbocycles. The van der Waals surface area contributed by atoms with Gasteiger partial charge in [-0.2, -0.15) is 0 Å². The van der Waals surface area contributed by atoms with E-state index in [0.29, 0.717) is 5.69 Å². The molecule has 1 N–H and O–H groups in total. The highest BCUT2D eigenvalue weighted by atomic mass is 16.6. The number of hydrogen-bond acceptors (Lipinski definition) is 7. The Morgan fingerprint density at radius 1 is 1.20 bits per heavy atom. The maximum atomic E-state index is 12.8.